The molecule has 7 heteroatoms. The van der Waals surface area contributed by atoms with E-state index in [1.54, 1.807) is 28.2 Å². The number of aromatic nitrogens is 2. The topological polar surface area (TPSA) is 75.6 Å². The van der Waals surface area contributed by atoms with Crippen molar-refractivity contribution in [2.45, 2.75) is 13.5 Å². The van der Waals surface area contributed by atoms with E-state index in [2.05, 4.69) is 11.5 Å². The van der Waals surface area contributed by atoms with E-state index in [4.69, 9.17) is 10.4 Å². The van der Waals surface area contributed by atoms with Crippen molar-refractivity contribution in [3.63, 3.8) is 0 Å². The molecule has 0 bridgehead atoms. The molecule has 0 saturated carbocycles. The first-order chi connectivity index (χ1) is 8.56. The number of para-hydroxylation sites is 2. The second kappa shape index (κ2) is 6.02. The molecule has 0 aliphatic heterocycles. The average Bonchev–Trinajstić information content (AvgIpc) is 2.62. The first kappa shape index (κ1) is 15.4. The van der Waals surface area contributed by atoms with Gasteiger partial charge in [0.15, 0.2) is 17.6 Å². The Morgan fingerprint density at radius 1 is 1.47 bits per heavy atom. The molecule has 0 saturated heterocycles. The zero-order valence-electron chi connectivity index (χ0n) is 10.2. The summed E-state index contributed by atoms with van der Waals surface area (Å²) in [6.45, 7) is 5.14. The summed E-state index contributed by atoms with van der Waals surface area (Å²) in [6, 6.07) is 7.22. The van der Waals surface area contributed by atoms with Gasteiger partial charge in [0.1, 0.15) is 0 Å². The van der Waals surface area contributed by atoms with Gasteiger partial charge in [-0.05, 0) is 18.7 Å². The molecule has 0 aliphatic carbocycles. The van der Waals surface area contributed by atoms with E-state index < -0.39 is 5.97 Å². The van der Waals surface area contributed by atoms with Crippen molar-refractivity contribution in [1.29, 1.82) is 0 Å². The van der Waals surface area contributed by atoms with Crippen LogP contribution in [0.3, 0.4) is 0 Å². The van der Waals surface area contributed by atoms with Crippen LogP contribution in [0.25, 0.3) is 16.9 Å². The summed E-state index contributed by atoms with van der Waals surface area (Å²) in [6.07, 6.45) is 0. The van der Waals surface area contributed by atoms with Crippen LogP contribution in [0.2, 0.25) is 0 Å². The number of carboxylic acid groups (broad SMARTS) is 1. The minimum atomic E-state index is -0.943. The Morgan fingerprint density at radius 3 is 2.68 bits per heavy atom. The Morgan fingerprint density at radius 2 is 2.11 bits per heavy atom. The lowest BCUT2D eigenvalue weighted by Gasteiger charge is -1.99. The maximum Gasteiger partial charge on any atom is 0.346 e. The third-order valence-electron chi connectivity index (χ3n) is 2.78. The monoisotopic (exact) mass is 376 g/mol. The molecule has 6 nitrogen and oxygen atoms in total. The lowest BCUT2D eigenvalue weighted by Crippen LogP contribution is -3.00. The fraction of sp³-hybridized carbons (Fsp3) is 0.167. The number of fused-ring (bicyclic) bond motifs is 1. The second-order valence-corrected chi connectivity index (χ2v) is 3.84. The molecule has 0 aliphatic rings. The van der Waals surface area contributed by atoms with Crippen LogP contribution in [0.4, 0.5) is 0 Å². The smallest absolute Gasteiger partial charge is 0.346 e. The Balaban J connectivity index is 0.00000180. The molecule has 2 aromatic rings. The third kappa shape index (κ3) is 2.71. The number of hydrogen-bond donors (Lipinski definition) is 2. The van der Waals surface area contributed by atoms with Crippen LogP contribution in [-0.4, -0.2) is 20.9 Å². The molecule has 0 spiro atoms. The Labute approximate surface area is 126 Å². The molecular weight excluding hydrogens is 363 g/mol. The van der Waals surface area contributed by atoms with Crippen molar-refractivity contribution in [3.8, 4) is 0 Å². The number of benzene rings is 1. The molecular formula is C12H13IN2O4. The van der Waals surface area contributed by atoms with E-state index in [0.717, 1.165) is 11.0 Å². The minimum Gasteiger partial charge on any atom is -1.00 e. The third-order valence-corrected chi connectivity index (χ3v) is 2.78. The van der Waals surface area contributed by atoms with Crippen LogP contribution in [0.5, 0.6) is 0 Å². The van der Waals surface area contributed by atoms with E-state index in [1.165, 1.54) is 0 Å². The quantitative estimate of drug-likeness (QED) is 0.218. The van der Waals surface area contributed by atoms with Gasteiger partial charge >= 0.3 is 11.9 Å². The zero-order valence-corrected chi connectivity index (χ0v) is 12.4. The lowest BCUT2D eigenvalue weighted by molar-refractivity contribution is -0.666. The fourth-order valence-corrected chi connectivity index (χ4v) is 2.04. The van der Waals surface area contributed by atoms with E-state index >= 15 is 0 Å². The van der Waals surface area contributed by atoms with Crippen molar-refractivity contribution < 1.29 is 48.6 Å². The van der Waals surface area contributed by atoms with Gasteiger partial charge in [0.25, 0.3) is 5.82 Å². The lowest BCUT2D eigenvalue weighted by atomic mass is 10.3. The standard InChI is InChI=1S/C12H12N2O4.HI/c1-8-13(7-12(15)16)10-5-3-4-6-11(10)14(8)9(2)18-17;/h3-6H,2,7H2,1H3,(H-,15,16,17);1H. The number of imidazole rings is 1. The van der Waals surface area contributed by atoms with Crippen molar-refractivity contribution in [1.82, 2.24) is 4.57 Å². The zero-order chi connectivity index (χ0) is 13.3. The number of rotatable bonds is 4. The van der Waals surface area contributed by atoms with Gasteiger partial charge in [-0.3, -0.25) is 4.89 Å². The fourth-order valence-electron chi connectivity index (χ4n) is 2.04. The number of carbonyl (C=O) groups is 1. The van der Waals surface area contributed by atoms with Gasteiger partial charge in [-0.2, -0.15) is 9.82 Å². The molecule has 102 valence electrons. The highest BCUT2D eigenvalue weighted by atomic mass is 127. The van der Waals surface area contributed by atoms with Gasteiger partial charge in [-0.15, -0.1) is 0 Å². The highest BCUT2D eigenvalue weighted by Crippen LogP contribution is 2.18. The van der Waals surface area contributed by atoms with Crippen LogP contribution in [-0.2, 0) is 16.2 Å². The summed E-state index contributed by atoms with van der Waals surface area (Å²) >= 11 is 0. The number of hydrogen-bond acceptors (Lipinski definition) is 3. The molecule has 1 aromatic carbocycles. The molecule has 0 amide bonds. The summed E-state index contributed by atoms with van der Waals surface area (Å²) in [5, 5.41) is 17.6. The predicted octanol–water partition coefficient (Wildman–Crippen LogP) is -1.76. The van der Waals surface area contributed by atoms with Gasteiger partial charge in [-0.25, -0.2) is 9.36 Å². The second-order valence-electron chi connectivity index (χ2n) is 3.84. The van der Waals surface area contributed by atoms with Crippen LogP contribution >= 0.6 is 0 Å². The Hall–Kier alpha value is -1.61. The number of halogens is 1. The van der Waals surface area contributed by atoms with Gasteiger partial charge < -0.3 is 29.1 Å². The average molecular weight is 376 g/mol. The van der Waals surface area contributed by atoms with Gasteiger partial charge in [0.05, 0.1) is 0 Å². The maximum absolute atomic E-state index is 10.9. The van der Waals surface area contributed by atoms with E-state index in [1.807, 2.05) is 12.1 Å². The summed E-state index contributed by atoms with van der Waals surface area (Å²) in [7, 11) is 0. The van der Waals surface area contributed by atoms with Crippen molar-refractivity contribution in [3.05, 3.63) is 36.7 Å². The molecule has 19 heavy (non-hydrogen) atoms. The molecule has 0 radical (unpaired) electrons. The largest absolute Gasteiger partial charge is 1.00 e. The van der Waals surface area contributed by atoms with Gasteiger partial charge in [0, 0.05) is 6.92 Å². The summed E-state index contributed by atoms with van der Waals surface area (Å²) in [5.41, 5.74) is 1.45. The SMILES string of the molecule is C=C(OO)n1c(C)[n+](CC(=O)O)c2ccccc21.[I-]. The number of carboxylic acids is 1. The predicted molar refractivity (Wildman–Crippen MR) is 63.5 cm³/mol. The van der Waals surface area contributed by atoms with Gasteiger partial charge in [-0.1, -0.05) is 12.1 Å². The van der Waals surface area contributed by atoms with Crippen LogP contribution in [0.1, 0.15) is 5.82 Å². The minimum absolute atomic E-state index is 0. The molecule has 0 unspecified atom stereocenters. The van der Waals surface area contributed by atoms with E-state index in [0.29, 0.717) is 5.82 Å². The van der Waals surface area contributed by atoms with Crippen molar-refractivity contribution in [2.75, 3.05) is 0 Å². The van der Waals surface area contributed by atoms with Crippen LogP contribution in [0.15, 0.2) is 30.8 Å². The van der Waals surface area contributed by atoms with Crippen LogP contribution < -0.4 is 28.5 Å². The molecule has 2 rings (SSSR count). The molecule has 2 N–H and O–H groups in total. The molecule has 1 aromatic heterocycles. The summed E-state index contributed by atoms with van der Waals surface area (Å²) in [5.74, 6) is -0.313. The number of aliphatic carboxylic acids is 1. The van der Waals surface area contributed by atoms with Crippen molar-refractivity contribution >= 4 is 22.9 Å². The van der Waals surface area contributed by atoms with E-state index in [9.17, 15) is 4.79 Å². The van der Waals surface area contributed by atoms with Gasteiger partial charge in [0.2, 0.25) is 0 Å². The maximum atomic E-state index is 10.9. The Kier molecular flexibility index (Phi) is 4.90. The Bertz CT molecular complexity index is 636. The normalized spacial score (nSPS) is 10.0. The number of nitrogens with zero attached hydrogens (tertiary/aromatic N) is 2. The summed E-state index contributed by atoms with van der Waals surface area (Å²) in [4.78, 5) is 15.0. The molecule has 0 atom stereocenters. The first-order valence-electron chi connectivity index (χ1n) is 5.28. The molecule has 0 fully saturated rings. The molecule has 1 heterocycles. The van der Waals surface area contributed by atoms with Crippen LogP contribution in [0, 0.1) is 6.92 Å². The highest BCUT2D eigenvalue weighted by Gasteiger charge is 2.25. The summed E-state index contributed by atoms with van der Waals surface area (Å²) < 4.78 is 3.17. The highest BCUT2D eigenvalue weighted by molar-refractivity contribution is 5.76. The van der Waals surface area contributed by atoms with Crippen molar-refractivity contribution in [2.24, 2.45) is 0 Å². The van der Waals surface area contributed by atoms with E-state index in [-0.39, 0.29) is 36.4 Å². The first-order valence-corrected chi connectivity index (χ1v) is 5.28.